The van der Waals surface area contributed by atoms with Crippen LogP contribution in [-0.2, 0) is 26.2 Å². The van der Waals surface area contributed by atoms with Crippen molar-refractivity contribution in [3.63, 3.8) is 0 Å². The number of ether oxygens (including phenoxy) is 1. The molecule has 230 valence electrons. The topological polar surface area (TPSA) is 96.0 Å². The summed E-state index contributed by atoms with van der Waals surface area (Å²) in [5.74, 6) is -0.611. The van der Waals surface area contributed by atoms with E-state index >= 15 is 0 Å². The maximum absolute atomic E-state index is 14.3. The molecule has 0 spiro atoms. The van der Waals surface area contributed by atoms with Crippen molar-refractivity contribution in [1.29, 1.82) is 0 Å². The molecule has 2 amide bonds. The monoisotopic (exact) mass is 645 g/mol. The summed E-state index contributed by atoms with van der Waals surface area (Å²) in [6.07, 6.45) is 4.12. The molecule has 0 aliphatic heterocycles. The predicted molar refractivity (Wildman–Crippen MR) is 170 cm³/mol. The third kappa shape index (κ3) is 7.63. The molecule has 1 saturated carbocycles. The first kappa shape index (κ1) is 32.6. The fourth-order valence-corrected chi connectivity index (χ4v) is 7.27. The summed E-state index contributed by atoms with van der Waals surface area (Å²) in [4.78, 5) is 29.4. The summed E-state index contributed by atoms with van der Waals surface area (Å²) in [5.41, 5.74) is 1.55. The Kier molecular flexibility index (Phi) is 11.0. The molecule has 0 unspecified atom stereocenters. The van der Waals surface area contributed by atoms with Crippen LogP contribution >= 0.6 is 23.2 Å². The van der Waals surface area contributed by atoms with Gasteiger partial charge in [-0.15, -0.1) is 0 Å². The number of nitrogens with one attached hydrogen (secondary N) is 1. The molecule has 3 aromatic rings. The van der Waals surface area contributed by atoms with E-state index in [0.717, 1.165) is 35.6 Å². The van der Waals surface area contributed by atoms with Crippen molar-refractivity contribution in [2.75, 3.05) is 18.0 Å². The van der Waals surface area contributed by atoms with Gasteiger partial charge in [0.1, 0.15) is 18.3 Å². The molecule has 11 heteroatoms. The first-order chi connectivity index (χ1) is 20.6. The van der Waals surface area contributed by atoms with Gasteiger partial charge in [0.25, 0.3) is 10.0 Å². The number of benzene rings is 3. The molecular weight excluding hydrogens is 609 g/mol. The van der Waals surface area contributed by atoms with Gasteiger partial charge in [0.05, 0.1) is 17.7 Å². The van der Waals surface area contributed by atoms with Crippen LogP contribution in [0.2, 0.25) is 10.0 Å². The van der Waals surface area contributed by atoms with Gasteiger partial charge in [-0.2, -0.15) is 0 Å². The van der Waals surface area contributed by atoms with Crippen LogP contribution in [0.5, 0.6) is 5.75 Å². The van der Waals surface area contributed by atoms with Gasteiger partial charge in [-0.3, -0.25) is 13.9 Å². The summed E-state index contributed by atoms with van der Waals surface area (Å²) < 4.78 is 34.8. The van der Waals surface area contributed by atoms with Crippen LogP contribution in [0.4, 0.5) is 5.69 Å². The standard InChI is InChI=1S/C32H37Cl2N3O5S/c1-4-28(32(39)35-23-10-5-6-11-23)36(20-25-26(33)12-9-13-27(25)34)31(38)21-37(29-14-7-8-15-30(29)42-3)43(40,41)24-18-16-22(2)17-19-24/h7-9,12-19,23,28H,4-6,10-11,20-21H2,1-3H3,(H,35,39)/t28-/m1/s1. The summed E-state index contributed by atoms with van der Waals surface area (Å²) in [5, 5.41) is 3.77. The quantitative estimate of drug-likeness (QED) is 0.247. The Morgan fingerprint density at radius 2 is 1.60 bits per heavy atom. The van der Waals surface area contributed by atoms with E-state index in [4.69, 9.17) is 27.9 Å². The zero-order chi connectivity index (χ0) is 31.1. The second-order valence-corrected chi connectivity index (χ2v) is 13.3. The Labute approximate surface area is 264 Å². The minimum absolute atomic E-state index is 0.0172. The van der Waals surface area contributed by atoms with E-state index in [9.17, 15) is 18.0 Å². The van der Waals surface area contributed by atoms with Gasteiger partial charge in [0, 0.05) is 28.2 Å². The lowest BCUT2D eigenvalue weighted by Gasteiger charge is -2.34. The van der Waals surface area contributed by atoms with Crippen LogP contribution in [0.25, 0.3) is 0 Å². The molecule has 1 fully saturated rings. The molecule has 0 radical (unpaired) electrons. The van der Waals surface area contributed by atoms with Gasteiger partial charge in [-0.1, -0.05) is 78.9 Å². The number of amides is 2. The van der Waals surface area contributed by atoms with Crippen molar-refractivity contribution in [2.45, 2.75) is 69.5 Å². The fraction of sp³-hybridized carbons (Fsp3) is 0.375. The lowest BCUT2D eigenvalue weighted by molar-refractivity contribution is -0.140. The van der Waals surface area contributed by atoms with Crippen LogP contribution in [0.3, 0.4) is 0 Å². The number of sulfonamides is 1. The van der Waals surface area contributed by atoms with Crippen molar-refractivity contribution in [1.82, 2.24) is 10.2 Å². The van der Waals surface area contributed by atoms with E-state index in [1.54, 1.807) is 54.6 Å². The molecule has 1 aliphatic carbocycles. The second-order valence-electron chi connectivity index (χ2n) is 10.6. The van der Waals surface area contributed by atoms with Crippen molar-refractivity contribution in [3.05, 3.63) is 87.9 Å². The van der Waals surface area contributed by atoms with Crippen LogP contribution in [0.15, 0.2) is 71.6 Å². The number of carbonyl (C=O) groups is 2. The third-order valence-electron chi connectivity index (χ3n) is 7.72. The number of halogens is 2. The number of nitrogens with zero attached hydrogens (tertiary/aromatic N) is 2. The van der Waals surface area contributed by atoms with Crippen molar-refractivity contribution < 1.29 is 22.7 Å². The van der Waals surface area contributed by atoms with Gasteiger partial charge in [0.15, 0.2) is 0 Å². The normalized spacial score (nSPS) is 14.3. The highest BCUT2D eigenvalue weighted by Crippen LogP contribution is 2.33. The molecule has 0 bridgehead atoms. The molecule has 3 aromatic carbocycles. The summed E-state index contributed by atoms with van der Waals surface area (Å²) in [6, 6.07) is 17.2. The van der Waals surface area contributed by atoms with Crippen molar-refractivity contribution in [2.24, 2.45) is 0 Å². The Hall–Kier alpha value is -3.27. The summed E-state index contributed by atoms with van der Waals surface area (Å²) >= 11 is 13.0. The van der Waals surface area contributed by atoms with Gasteiger partial charge in [-0.25, -0.2) is 8.42 Å². The average Bonchev–Trinajstić information content (AvgIpc) is 3.50. The van der Waals surface area contributed by atoms with E-state index in [-0.39, 0.29) is 34.8 Å². The number of rotatable bonds is 12. The number of hydrogen-bond acceptors (Lipinski definition) is 5. The Balaban J connectivity index is 1.77. The maximum atomic E-state index is 14.3. The molecule has 1 N–H and O–H groups in total. The zero-order valence-electron chi connectivity index (χ0n) is 24.6. The number of methoxy groups -OCH3 is 1. The lowest BCUT2D eigenvalue weighted by atomic mass is 10.1. The van der Waals surface area contributed by atoms with Crippen LogP contribution in [0, 0.1) is 6.92 Å². The van der Waals surface area contributed by atoms with Crippen LogP contribution < -0.4 is 14.4 Å². The SMILES string of the molecule is CC[C@H](C(=O)NC1CCCC1)N(Cc1c(Cl)cccc1Cl)C(=O)CN(c1ccccc1OC)S(=O)(=O)c1ccc(C)cc1. The van der Waals surface area contributed by atoms with Gasteiger partial charge in [-0.05, 0) is 62.6 Å². The number of anilines is 1. The van der Waals surface area contributed by atoms with Crippen molar-refractivity contribution in [3.8, 4) is 5.75 Å². The molecule has 0 aromatic heterocycles. The molecule has 0 heterocycles. The maximum Gasteiger partial charge on any atom is 0.264 e. The van der Waals surface area contributed by atoms with E-state index in [2.05, 4.69) is 5.32 Å². The number of aryl methyl sites for hydroxylation is 1. The highest BCUT2D eigenvalue weighted by atomic mass is 35.5. The summed E-state index contributed by atoms with van der Waals surface area (Å²) in [7, 11) is -2.81. The second kappa shape index (κ2) is 14.5. The minimum atomic E-state index is -4.24. The largest absolute Gasteiger partial charge is 0.495 e. The first-order valence-electron chi connectivity index (χ1n) is 14.3. The predicted octanol–water partition coefficient (Wildman–Crippen LogP) is 6.37. The van der Waals surface area contributed by atoms with E-state index in [1.165, 1.54) is 24.1 Å². The fourth-order valence-electron chi connectivity index (χ4n) is 5.33. The van der Waals surface area contributed by atoms with Gasteiger partial charge < -0.3 is 15.0 Å². The summed E-state index contributed by atoms with van der Waals surface area (Å²) in [6.45, 7) is 3.00. The highest BCUT2D eigenvalue weighted by Gasteiger charge is 2.36. The van der Waals surface area contributed by atoms with Gasteiger partial charge in [0.2, 0.25) is 11.8 Å². The van der Waals surface area contributed by atoms with Crippen LogP contribution in [0.1, 0.15) is 50.2 Å². The smallest absolute Gasteiger partial charge is 0.264 e. The highest BCUT2D eigenvalue weighted by molar-refractivity contribution is 7.92. The molecular formula is C32H37Cl2N3O5S. The Bertz CT molecular complexity index is 1520. The van der Waals surface area contributed by atoms with E-state index in [0.29, 0.717) is 22.0 Å². The Morgan fingerprint density at radius 3 is 2.21 bits per heavy atom. The third-order valence-corrected chi connectivity index (χ3v) is 10.2. The molecule has 0 saturated heterocycles. The van der Waals surface area contributed by atoms with Gasteiger partial charge >= 0.3 is 0 Å². The molecule has 1 aliphatic rings. The zero-order valence-corrected chi connectivity index (χ0v) is 26.9. The number of para-hydroxylation sites is 2. The average molecular weight is 647 g/mol. The lowest BCUT2D eigenvalue weighted by Crippen LogP contribution is -2.53. The number of hydrogen-bond donors (Lipinski definition) is 1. The molecule has 8 nitrogen and oxygen atoms in total. The minimum Gasteiger partial charge on any atom is -0.495 e. The molecule has 43 heavy (non-hydrogen) atoms. The van der Waals surface area contributed by atoms with E-state index in [1.807, 2.05) is 13.8 Å². The van der Waals surface area contributed by atoms with Crippen LogP contribution in [-0.4, -0.2) is 50.9 Å². The van der Waals surface area contributed by atoms with E-state index < -0.39 is 28.5 Å². The first-order valence-corrected chi connectivity index (χ1v) is 16.5. The molecule has 4 rings (SSSR count). The van der Waals surface area contributed by atoms with Crippen molar-refractivity contribution >= 4 is 50.7 Å². The number of carbonyl (C=O) groups excluding carboxylic acids is 2. The Morgan fingerprint density at radius 1 is 0.977 bits per heavy atom. The molecule has 1 atom stereocenters.